The molecule has 0 atom stereocenters. The molecule has 0 aliphatic carbocycles. The first-order valence-electron chi connectivity index (χ1n) is 5.35. The lowest BCUT2D eigenvalue weighted by Gasteiger charge is -2.28. The molecule has 1 saturated heterocycles. The Morgan fingerprint density at radius 2 is 1.94 bits per heavy atom. The average Bonchev–Trinajstić information content (AvgIpc) is 2.27. The van der Waals surface area contributed by atoms with Gasteiger partial charge in [0.25, 0.3) is 5.91 Å². The number of carbonyl (C=O) groups excluding carboxylic acids is 3. The van der Waals surface area contributed by atoms with Crippen molar-refractivity contribution in [3.63, 3.8) is 0 Å². The molecule has 1 heterocycles. The molecule has 0 aromatic carbocycles. The standard InChI is InChI=1S/C10H17N3O3/c1-8(15)11-12-10(16)6-13-4-2-9(7-14)3-5-13/h7,9H,2-6H2,1H3,(H,11,15)(H,12,16). The third-order valence-corrected chi connectivity index (χ3v) is 2.57. The molecule has 0 radical (unpaired) electrons. The van der Waals surface area contributed by atoms with Crippen LogP contribution in [0.3, 0.4) is 0 Å². The van der Waals surface area contributed by atoms with Gasteiger partial charge in [-0.05, 0) is 25.9 Å². The molecule has 16 heavy (non-hydrogen) atoms. The Balaban J connectivity index is 2.20. The van der Waals surface area contributed by atoms with Crippen LogP contribution in [0.5, 0.6) is 0 Å². The van der Waals surface area contributed by atoms with E-state index < -0.39 is 0 Å². The lowest BCUT2D eigenvalue weighted by molar-refractivity contribution is -0.128. The first-order chi connectivity index (χ1) is 7.61. The van der Waals surface area contributed by atoms with Gasteiger partial charge in [-0.1, -0.05) is 0 Å². The normalized spacial score (nSPS) is 17.8. The number of amides is 2. The molecule has 1 rings (SSSR count). The Kier molecular flexibility index (Phi) is 4.91. The molecule has 0 aromatic heterocycles. The molecule has 90 valence electrons. The number of rotatable bonds is 3. The molecule has 1 fully saturated rings. The minimum atomic E-state index is -0.298. The molecule has 1 aliphatic rings. The van der Waals surface area contributed by atoms with Crippen molar-refractivity contribution in [2.75, 3.05) is 19.6 Å². The van der Waals surface area contributed by atoms with Crippen molar-refractivity contribution in [3.05, 3.63) is 0 Å². The molecule has 0 bridgehead atoms. The number of hydrogen-bond donors (Lipinski definition) is 2. The highest BCUT2D eigenvalue weighted by Gasteiger charge is 2.20. The lowest BCUT2D eigenvalue weighted by atomic mass is 9.99. The van der Waals surface area contributed by atoms with E-state index in [2.05, 4.69) is 10.9 Å². The van der Waals surface area contributed by atoms with E-state index in [0.717, 1.165) is 32.2 Å². The van der Waals surface area contributed by atoms with Gasteiger partial charge in [-0.2, -0.15) is 0 Å². The summed E-state index contributed by atoms with van der Waals surface area (Å²) in [6.07, 6.45) is 2.59. The van der Waals surface area contributed by atoms with E-state index in [1.807, 2.05) is 4.90 Å². The molecule has 2 amide bonds. The van der Waals surface area contributed by atoms with Crippen LogP contribution < -0.4 is 10.9 Å². The maximum atomic E-state index is 11.3. The SMILES string of the molecule is CC(=O)NNC(=O)CN1CCC(C=O)CC1. The minimum absolute atomic E-state index is 0.134. The van der Waals surface area contributed by atoms with Gasteiger partial charge in [0.2, 0.25) is 5.91 Å². The number of nitrogens with zero attached hydrogens (tertiary/aromatic N) is 1. The van der Waals surface area contributed by atoms with Crippen LogP contribution in [0.1, 0.15) is 19.8 Å². The molecule has 1 aliphatic heterocycles. The summed E-state index contributed by atoms with van der Waals surface area (Å²) >= 11 is 0. The van der Waals surface area contributed by atoms with Crippen molar-refractivity contribution in [1.82, 2.24) is 15.8 Å². The number of piperidine rings is 1. The highest BCUT2D eigenvalue weighted by Crippen LogP contribution is 2.13. The van der Waals surface area contributed by atoms with Crippen molar-refractivity contribution in [3.8, 4) is 0 Å². The molecule has 0 saturated carbocycles. The second-order valence-corrected chi connectivity index (χ2v) is 3.98. The summed E-state index contributed by atoms with van der Waals surface area (Å²) in [7, 11) is 0. The molecular weight excluding hydrogens is 210 g/mol. The van der Waals surface area contributed by atoms with Crippen molar-refractivity contribution < 1.29 is 14.4 Å². The van der Waals surface area contributed by atoms with E-state index >= 15 is 0 Å². The summed E-state index contributed by atoms with van der Waals surface area (Å²) in [4.78, 5) is 34.4. The van der Waals surface area contributed by atoms with Gasteiger partial charge in [-0.15, -0.1) is 0 Å². The van der Waals surface area contributed by atoms with Crippen LogP contribution in [0.4, 0.5) is 0 Å². The van der Waals surface area contributed by atoms with Crippen LogP contribution in [0.2, 0.25) is 0 Å². The van der Waals surface area contributed by atoms with Gasteiger partial charge in [0, 0.05) is 12.8 Å². The average molecular weight is 227 g/mol. The lowest BCUT2D eigenvalue weighted by Crippen LogP contribution is -2.47. The van der Waals surface area contributed by atoms with Crippen LogP contribution in [-0.2, 0) is 14.4 Å². The van der Waals surface area contributed by atoms with Crippen molar-refractivity contribution in [1.29, 1.82) is 0 Å². The Bertz CT molecular complexity index is 272. The third kappa shape index (κ3) is 4.39. The predicted octanol–water partition coefficient (Wildman–Crippen LogP) is -0.935. The summed E-state index contributed by atoms with van der Waals surface area (Å²) in [5.74, 6) is -0.401. The maximum Gasteiger partial charge on any atom is 0.252 e. The predicted molar refractivity (Wildman–Crippen MR) is 57.2 cm³/mol. The number of nitrogens with one attached hydrogen (secondary N) is 2. The second kappa shape index (κ2) is 6.22. The van der Waals surface area contributed by atoms with Crippen molar-refractivity contribution in [2.45, 2.75) is 19.8 Å². The van der Waals surface area contributed by atoms with Gasteiger partial charge in [0.15, 0.2) is 0 Å². The van der Waals surface area contributed by atoms with E-state index in [1.54, 1.807) is 0 Å². The van der Waals surface area contributed by atoms with Crippen LogP contribution in [-0.4, -0.2) is 42.6 Å². The number of aldehydes is 1. The zero-order valence-corrected chi connectivity index (χ0v) is 9.36. The van der Waals surface area contributed by atoms with Crippen LogP contribution >= 0.6 is 0 Å². The number of hydrogen-bond acceptors (Lipinski definition) is 4. The Morgan fingerprint density at radius 1 is 1.31 bits per heavy atom. The molecule has 6 heteroatoms. The summed E-state index contributed by atoms with van der Waals surface area (Å²) < 4.78 is 0. The molecule has 2 N–H and O–H groups in total. The number of carbonyl (C=O) groups is 3. The van der Waals surface area contributed by atoms with Crippen molar-refractivity contribution in [2.24, 2.45) is 5.92 Å². The number of likely N-dealkylation sites (tertiary alicyclic amines) is 1. The highest BCUT2D eigenvalue weighted by atomic mass is 16.2. The van der Waals surface area contributed by atoms with Crippen LogP contribution in [0, 0.1) is 5.92 Å². The van der Waals surface area contributed by atoms with Gasteiger partial charge >= 0.3 is 0 Å². The summed E-state index contributed by atoms with van der Waals surface area (Å²) in [5, 5.41) is 0. The highest BCUT2D eigenvalue weighted by molar-refractivity contribution is 5.81. The minimum Gasteiger partial charge on any atom is -0.303 e. The quantitative estimate of drug-likeness (QED) is 0.482. The first kappa shape index (κ1) is 12.6. The maximum absolute atomic E-state index is 11.3. The zero-order valence-electron chi connectivity index (χ0n) is 9.36. The van der Waals surface area contributed by atoms with Gasteiger partial charge in [-0.3, -0.25) is 25.3 Å². The third-order valence-electron chi connectivity index (χ3n) is 2.57. The van der Waals surface area contributed by atoms with Crippen LogP contribution in [0.15, 0.2) is 0 Å². The zero-order chi connectivity index (χ0) is 12.0. The molecule has 0 spiro atoms. The Labute approximate surface area is 94.3 Å². The second-order valence-electron chi connectivity index (χ2n) is 3.98. The first-order valence-corrected chi connectivity index (χ1v) is 5.35. The summed E-state index contributed by atoms with van der Waals surface area (Å²) in [6, 6.07) is 0. The molecular formula is C10H17N3O3. The van der Waals surface area contributed by atoms with Gasteiger partial charge in [0.05, 0.1) is 6.54 Å². The van der Waals surface area contributed by atoms with E-state index in [9.17, 15) is 14.4 Å². The fourth-order valence-corrected chi connectivity index (χ4v) is 1.65. The van der Waals surface area contributed by atoms with Gasteiger partial charge in [0.1, 0.15) is 6.29 Å². The summed E-state index contributed by atoms with van der Waals surface area (Å²) in [6.45, 7) is 3.08. The topological polar surface area (TPSA) is 78.5 Å². The van der Waals surface area contributed by atoms with E-state index in [0.29, 0.717) is 0 Å². The number of hydrazine groups is 1. The van der Waals surface area contributed by atoms with Crippen LogP contribution in [0.25, 0.3) is 0 Å². The van der Waals surface area contributed by atoms with E-state index in [1.165, 1.54) is 6.92 Å². The Morgan fingerprint density at radius 3 is 2.44 bits per heavy atom. The monoisotopic (exact) mass is 227 g/mol. The molecule has 6 nitrogen and oxygen atoms in total. The molecule has 0 aromatic rings. The largest absolute Gasteiger partial charge is 0.303 e. The Hall–Kier alpha value is -1.43. The summed E-state index contributed by atoms with van der Waals surface area (Å²) in [5.41, 5.74) is 4.54. The van der Waals surface area contributed by atoms with Crippen molar-refractivity contribution >= 4 is 18.1 Å². The van der Waals surface area contributed by atoms with Gasteiger partial charge < -0.3 is 4.79 Å². The van der Waals surface area contributed by atoms with E-state index in [-0.39, 0.29) is 24.3 Å². The smallest absolute Gasteiger partial charge is 0.252 e. The van der Waals surface area contributed by atoms with Gasteiger partial charge in [-0.25, -0.2) is 0 Å². The fraction of sp³-hybridized carbons (Fsp3) is 0.700. The molecule has 0 unspecified atom stereocenters. The fourth-order valence-electron chi connectivity index (χ4n) is 1.65. The van der Waals surface area contributed by atoms with E-state index in [4.69, 9.17) is 0 Å².